The van der Waals surface area contributed by atoms with E-state index in [0.29, 0.717) is 0 Å². The van der Waals surface area contributed by atoms with E-state index >= 15 is 0 Å². The van der Waals surface area contributed by atoms with Gasteiger partial charge < -0.3 is 9.64 Å². The van der Waals surface area contributed by atoms with Gasteiger partial charge in [0.25, 0.3) is 0 Å². The van der Waals surface area contributed by atoms with Crippen LogP contribution in [-0.4, -0.2) is 0 Å². The fourth-order valence-electron chi connectivity index (χ4n) is 7.28. The summed E-state index contributed by atoms with van der Waals surface area (Å²) in [6.07, 6.45) is 0. The molecule has 0 unspecified atom stereocenters. The highest BCUT2D eigenvalue weighted by Crippen LogP contribution is 2.45. The molecule has 2 nitrogen and oxygen atoms in total. The summed E-state index contributed by atoms with van der Waals surface area (Å²) in [5.41, 5.74) is 12.7. The first-order valence-electron chi connectivity index (χ1n) is 18.3. The Kier molecular flexibility index (Phi) is 8.99. The second-order valence-electron chi connectivity index (χ2n) is 13.3. The lowest BCUT2D eigenvalue weighted by molar-refractivity contribution is 0.488. The minimum Gasteiger partial charge on any atom is -0.457 e. The number of benzene rings is 9. The Morgan fingerprint density at radius 3 is 1.39 bits per heavy atom. The first-order chi connectivity index (χ1) is 26.8. The monoisotopic (exact) mass is 691 g/mol. The van der Waals surface area contributed by atoms with E-state index in [4.69, 9.17) is 4.74 Å². The molecule has 0 N–H and O–H groups in total. The van der Waals surface area contributed by atoms with E-state index in [9.17, 15) is 0 Å². The molecule has 9 aromatic carbocycles. The van der Waals surface area contributed by atoms with Crippen LogP contribution in [0, 0.1) is 0 Å². The maximum atomic E-state index is 6.42. The zero-order valence-corrected chi connectivity index (χ0v) is 29.7. The molecule has 0 saturated heterocycles. The lowest BCUT2D eigenvalue weighted by Gasteiger charge is -2.28. The zero-order valence-electron chi connectivity index (χ0n) is 29.7. The van der Waals surface area contributed by atoms with Gasteiger partial charge in [-0.25, -0.2) is 0 Å². The largest absolute Gasteiger partial charge is 0.457 e. The lowest BCUT2D eigenvalue weighted by atomic mass is 9.95. The Morgan fingerprint density at radius 1 is 0.296 bits per heavy atom. The fourth-order valence-corrected chi connectivity index (χ4v) is 7.28. The highest BCUT2D eigenvalue weighted by molar-refractivity contribution is 6.04. The third-order valence-corrected chi connectivity index (χ3v) is 9.95. The first-order valence-corrected chi connectivity index (χ1v) is 18.3. The minimum absolute atomic E-state index is 0.816. The molecule has 256 valence electrons. The van der Waals surface area contributed by atoms with Crippen molar-refractivity contribution in [3.8, 4) is 56.0 Å². The maximum absolute atomic E-state index is 6.42. The molecule has 9 rings (SSSR count). The fraction of sp³-hybridized carbons (Fsp3) is 0. The van der Waals surface area contributed by atoms with Crippen LogP contribution in [0.15, 0.2) is 224 Å². The number of ether oxygens (including phenoxy) is 1. The normalized spacial score (nSPS) is 11.0. The quantitative estimate of drug-likeness (QED) is 0.149. The summed E-state index contributed by atoms with van der Waals surface area (Å²) in [6, 6.07) is 79.2. The van der Waals surface area contributed by atoms with Crippen LogP contribution in [0.4, 0.5) is 17.1 Å². The lowest BCUT2D eigenvalue weighted by Crippen LogP contribution is -2.11. The molecule has 0 bridgehead atoms. The predicted octanol–water partition coefficient (Wildman–Crippen LogP) is 14.8. The molecule has 0 fully saturated rings. The second kappa shape index (κ2) is 14.8. The average Bonchev–Trinajstić information content (AvgIpc) is 3.26. The number of rotatable bonds is 9. The number of fused-ring (bicyclic) bond motifs is 1. The predicted molar refractivity (Wildman–Crippen MR) is 227 cm³/mol. The van der Waals surface area contributed by atoms with Crippen LogP contribution >= 0.6 is 0 Å². The van der Waals surface area contributed by atoms with E-state index in [-0.39, 0.29) is 0 Å². The zero-order chi connectivity index (χ0) is 36.1. The van der Waals surface area contributed by atoms with Crippen molar-refractivity contribution in [1.82, 2.24) is 0 Å². The second-order valence-corrected chi connectivity index (χ2v) is 13.3. The SMILES string of the molecule is c1ccc(Oc2ccc(-c3ccccc3N(c3ccc(-c4ccccc4)cc3)c3ccc(-c4cccc(-c5ccccc5)c4)cc3)c3ccccc23)cc1. The highest BCUT2D eigenvalue weighted by Gasteiger charge is 2.19. The number of para-hydroxylation sites is 2. The molecule has 54 heavy (non-hydrogen) atoms. The van der Waals surface area contributed by atoms with Gasteiger partial charge in [-0.2, -0.15) is 0 Å². The van der Waals surface area contributed by atoms with Gasteiger partial charge in [0.05, 0.1) is 5.69 Å². The molecule has 0 spiro atoms. The molecule has 0 aliphatic carbocycles. The van der Waals surface area contributed by atoms with Crippen LogP contribution in [-0.2, 0) is 0 Å². The van der Waals surface area contributed by atoms with Gasteiger partial charge in [0.15, 0.2) is 0 Å². The van der Waals surface area contributed by atoms with Crippen molar-refractivity contribution in [3.63, 3.8) is 0 Å². The van der Waals surface area contributed by atoms with Gasteiger partial charge in [0.2, 0.25) is 0 Å². The summed E-state index contributed by atoms with van der Waals surface area (Å²) in [5, 5.41) is 2.20. The summed E-state index contributed by atoms with van der Waals surface area (Å²) in [5.74, 6) is 1.65. The molecule has 0 aromatic heterocycles. The van der Waals surface area contributed by atoms with Gasteiger partial charge in [-0.15, -0.1) is 0 Å². The van der Waals surface area contributed by atoms with Gasteiger partial charge in [-0.1, -0.05) is 164 Å². The molecule has 0 radical (unpaired) electrons. The highest BCUT2D eigenvalue weighted by atomic mass is 16.5. The van der Waals surface area contributed by atoms with E-state index in [1.165, 1.54) is 33.4 Å². The van der Waals surface area contributed by atoms with Crippen molar-refractivity contribution in [2.75, 3.05) is 4.90 Å². The molecule has 0 atom stereocenters. The van der Waals surface area contributed by atoms with Crippen molar-refractivity contribution in [1.29, 1.82) is 0 Å². The van der Waals surface area contributed by atoms with Crippen LogP contribution < -0.4 is 9.64 Å². The first kappa shape index (κ1) is 32.7. The summed E-state index contributed by atoms with van der Waals surface area (Å²) in [7, 11) is 0. The summed E-state index contributed by atoms with van der Waals surface area (Å²) >= 11 is 0. The molecule has 0 amide bonds. The Balaban J connectivity index is 1.15. The maximum Gasteiger partial charge on any atom is 0.135 e. The van der Waals surface area contributed by atoms with Crippen LogP contribution in [0.25, 0.3) is 55.3 Å². The van der Waals surface area contributed by atoms with Gasteiger partial charge in [0, 0.05) is 22.3 Å². The minimum atomic E-state index is 0.816. The van der Waals surface area contributed by atoms with Crippen LogP contribution in [0.3, 0.4) is 0 Å². The van der Waals surface area contributed by atoms with Crippen LogP contribution in [0.2, 0.25) is 0 Å². The van der Waals surface area contributed by atoms with E-state index in [1.807, 2.05) is 30.3 Å². The number of anilines is 3. The average molecular weight is 692 g/mol. The molecule has 2 heteroatoms. The molecule has 0 saturated carbocycles. The Morgan fingerprint density at radius 2 is 0.759 bits per heavy atom. The van der Waals surface area contributed by atoms with Gasteiger partial charge in [-0.3, -0.25) is 0 Å². The molecule has 0 aliphatic rings. The van der Waals surface area contributed by atoms with Crippen molar-refractivity contribution < 1.29 is 4.74 Å². The van der Waals surface area contributed by atoms with Gasteiger partial charge in [-0.05, 0) is 105 Å². The van der Waals surface area contributed by atoms with E-state index in [2.05, 4.69) is 199 Å². The van der Waals surface area contributed by atoms with Crippen molar-refractivity contribution in [2.45, 2.75) is 0 Å². The number of hydrogen-bond acceptors (Lipinski definition) is 2. The topological polar surface area (TPSA) is 12.5 Å². The van der Waals surface area contributed by atoms with E-state index in [0.717, 1.165) is 50.5 Å². The van der Waals surface area contributed by atoms with Crippen LogP contribution in [0.5, 0.6) is 11.5 Å². The Labute approximate surface area is 316 Å². The molecule has 9 aromatic rings. The number of nitrogens with zero attached hydrogens (tertiary/aromatic N) is 1. The molecular weight excluding hydrogens is 655 g/mol. The summed E-state index contributed by atoms with van der Waals surface area (Å²) < 4.78 is 6.42. The summed E-state index contributed by atoms with van der Waals surface area (Å²) in [4.78, 5) is 2.37. The Bertz CT molecular complexity index is 2650. The van der Waals surface area contributed by atoms with E-state index < -0.39 is 0 Å². The number of hydrogen-bond donors (Lipinski definition) is 0. The van der Waals surface area contributed by atoms with Gasteiger partial charge in [0.1, 0.15) is 11.5 Å². The van der Waals surface area contributed by atoms with Crippen molar-refractivity contribution in [2.24, 2.45) is 0 Å². The van der Waals surface area contributed by atoms with Crippen LogP contribution in [0.1, 0.15) is 0 Å². The standard InChI is InChI=1S/C52H37NO/c1-4-15-38(16-5-1)40-27-31-44(32-28-40)53(45-33-29-41(30-34-45)43-20-14-19-42(37-43)39-17-6-2-7-18-39)51-26-13-12-24-49(51)48-35-36-52(50-25-11-10-23-47(48)50)54-46-21-8-3-9-22-46/h1-37H. The molecular formula is C52H37NO. The molecule has 0 heterocycles. The Hall–Kier alpha value is -7.16. The van der Waals surface area contributed by atoms with Crippen molar-refractivity contribution >= 4 is 27.8 Å². The smallest absolute Gasteiger partial charge is 0.135 e. The van der Waals surface area contributed by atoms with Crippen molar-refractivity contribution in [3.05, 3.63) is 224 Å². The third kappa shape index (κ3) is 6.65. The summed E-state index contributed by atoms with van der Waals surface area (Å²) in [6.45, 7) is 0. The molecule has 0 aliphatic heterocycles. The van der Waals surface area contributed by atoms with Gasteiger partial charge >= 0.3 is 0 Å². The third-order valence-electron chi connectivity index (χ3n) is 9.95. The van der Waals surface area contributed by atoms with E-state index in [1.54, 1.807) is 0 Å².